The summed E-state index contributed by atoms with van der Waals surface area (Å²) in [7, 11) is 0. The van der Waals surface area contributed by atoms with Crippen LogP contribution in [0.5, 0.6) is 0 Å². The Morgan fingerprint density at radius 2 is 1.73 bits per heavy atom. The Bertz CT molecular complexity index is 1540. The van der Waals surface area contributed by atoms with Crippen molar-refractivity contribution in [1.82, 2.24) is 24.5 Å². The number of halogens is 5. The lowest BCUT2D eigenvalue weighted by Crippen LogP contribution is -2.52. The molecule has 2 aromatic carbocycles. The molecule has 0 spiro atoms. The standard InChI is InChI=1S/C26H22Cl2F3N5O4/c1-12-33-25(36(34-12)18-8-16(28)6-7-17(18)26(29,30)31)24-21(38)20(23-22(40-24)19(37)11-39-23)35-10-14(9-32-35)13-2-4-15(27)5-3-13/h2-10,19-24,37-38H,11H2,1H3/t19?,20?,21-,22?,23+,24+/m0/s1. The molecule has 3 unspecified atom stereocenters. The number of hydrogen-bond donors (Lipinski definition) is 2. The summed E-state index contributed by atoms with van der Waals surface area (Å²) in [6.45, 7) is 1.45. The molecule has 4 aromatic rings. The maximum absolute atomic E-state index is 13.9. The topological polar surface area (TPSA) is 107 Å². The first-order chi connectivity index (χ1) is 19.0. The van der Waals surface area contributed by atoms with Crippen LogP contribution in [0.15, 0.2) is 54.9 Å². The molecule has 0 bridgehead atoms. The van der Waals surface area contributed by atoms with Crippen LogP contribution >= 0.6 is 23.2 Å². The molecule has 4 heterocycles. The lowest BCUT2D eigenvalue weighted by Gasteiger charge is -2.41. The maximum atomic E-state index is 13.9. The van der Waals surface area contributed by atoms with Crippen molar-refractivity contribution in [3.8, 4) is 16.8 Å². The molecule has 40 heavy (non-hydrogen) atoms. The van der Waals surface area contributed by atoms with Crippen LogP contribution in [-0.2, 0) is 15.7 Å². The number of nitrogens with zero attached hydrogens (tertiary/aromatic N) is 5. The van der Waals surface area contributed by atoms with Crippen molar-refractivity contribution in [1.29, 1.82) is 0 Å². The molecule has 0 amide bonds. The Balaban J connectivity index is 1.43. The summed E-state index contributed by atoms with van der Waals surface area (Å²) in [4.78, 5) is 4.33. The van der Waals surface area contributed by atoms with Crippen LogP contribution in [0.1, 0.15) is 29.4 Å². The minimum Gasteiger partial charge on any atom is -0.388 e. The van der Waals surface area contributed by atoms with E-state index in [4.69, 9.17) is 32.7 Å². The predicted molar refractivity (Wildman–Crippen MR) is 137 cm³/mol. The zero-order chi connectivity index (χ0) is 28.3. The van der Waals surface area contributed by atoms with Crippen molar-refractivity contribution in [2.45, 2.75) is 49.7 Å². The van der Waals surface area contributed by atoms with E-state index in [1.54, 1.807) is 24.5 Å². The monoisotopic (exact) mass is 595 g/mol. The van der Waals surface area contributed by atoms with E-state index in [1.807, 2.05) is 12.1 Å². The summed E-state index contributed by atoms with van der Waals surface area (Å²) in [5.74, 6) is 0.0512. The van der Waals surface area contributed by atoms with Crippen molar-refractivity contribution < 1.29 is 32.9 Å². The number of fused-ring (bicyclic) bond motifs is 1. The number of rotatable bonds is 4. The highest BCUT2D eigenvalue weighted by Crippen LogP contribution is 2.44. The van der Waals surface area contributed by atoms with Gasteiger partial charge < -0.3 is 19.7 Å². The molecule has 2 aromatic heterocycles. The quantitative estimate of drug-likeness (QED) is 0.356. The van der Waals surface area contributed by atoms with Crippen molar-refractivity contribution in [3.63, 3.8) is 0 Å². The average molecular weight is 596 g/mol. The van der Waals surface area contributed by atoms with Gasteiger partial charge in [0.1, 0.15) is 42.4 Å². The lowest BCUT2D eigenvalue weighted by atomic mass is 9.91. The predicted octanol–water partition coefficient (Wildman–Crippen LogP) is 4.57. The van der Waals surface area contributed by atoms with Gasteiger partial charge in [-0.3, -0.25) is 4.68 Å². The normalized spacial score (nSPS) is 26.7. The van der Waals surface area contributed by atoms with E-state index in [-0.39, 0.29) is 29.0 Å². The summed E-state index contributed by atoms with van der Waals surface area (Å²) in [5.41, 5.74) is 0.188. The highest BCUT2D eigenvalue weighted by molar-refractivity contribution is 6.31. The molecule has 2 saturated heterocycles. The first-order valence-corrected chi connectivity index (χ1v) is 13.0. The molecule has 9 nitrogen and oxygen atoms in total. The summed E-state index contributed by atoms with van der Waals surface area (Å²) >= 11 is 12.1. The number of aliphatic hydroxyl groups excluding tert-OH is 2. The van der Waals surface area contributed by atoms with Crippen molar-refractivity contribution in [2.24, 2.45) is 0 Å². The Morgan fingerprint density at radius 3 is 2.45 bits per heavy atom. The summed E-state index contributed by atoms with van der Waals surface area (Å²) in [6, 6.07) is 9.34. The van der Waals surface area contributed by atoms with E-state index in [0.29, 0.717) is 5.02 Å². The second-order valence-electron chi connectivity index (χ2n) is 9.67. The van der Waals surface area contributed by atoms with Crippen LogP contribution in [-0.4, -0.2) is 65.8 Å². The molecular weight excluding hydrogens is 574 g/mol. The smallest absolute Gasteiger partial charge is 0.388 e. The molecule has 0 radical (unpaired) electrons. The van der Waals surface area contributed by atoms with Crippen molar-refractivity contribution in [2.75, 3.05) is 6.61 Å². The molecule has 0 aliphatic carbocycles. The second-order valence-corrected chi connectivity index (χ2v) is 10.5. The fourth-order valence-corrected chi connectivity index (χ4v) is 5.52. The molecule has 6 atom stereocenters. The highest BCUT2D eigenvalue weighted by atomic mass is 35.5. The Labute approximate surface area is 235 Å². The van der Waals surface area contributed by atoms with Crippen LogP contribution in [0.25, 0.3) is 16.8 Å². The average Bonchev–Trinajstić information content (AvgIpc) is 3.62. The molecular formula is C26H22Cl2F3N5O4. The first-order valence-electron chi connectivity index (χ1n) is 12.3. The van der Waals surface area contributed by atoms with Crippen LogP contribution in [0.4, 0.5) is 13.2 Å². The van der Waals surface area contributed by atoms with Crippen LogP contribution in [0, 0.1) is 6.92 Å². The lowest BCUT2D eigenvalue weighted by molar-refractivity contribution is -0.196. The van der Waals surface area contributed by atoms with Gasteiger partial charge in [-0.1, -0.05) is 35.3 Å². The van der Waals surface area contributed by atoms with Gasteiger partial charge in [-0.2, -0.15) is 23.4 Å². The van der Waals surface area contributed by atoms with Crippen LogP contribution < -0.4 is 0 Å². The number of aromatic nitrogens is 5. The van der Waals surface area contributed by atoms with Gasteiger partial charge in [0.05, 0.1) is 24.1 Å². The molecule has 6 rings (SSSR count). The summed E-state index contributed by atoms with van der Waals surface area (Å²) in [5, 5.41) is 31.6. The first kappa shape index (κ1) is 27.2. The van der Waals surface area contributed by atoms with Crippen LogP contribution in [0.3, 0.4) is 0 Å². The molecule has 2 aliphatic heterocycles. The van der Waals surface area contributed by atoms with E-state index in [1.165, 1.54) is 11.6 Å². The van der Waals surface area contributed by atoms with Crippen LogP contribution in [0.2, 0.25) is 10.0 Å². The Morgan fingerprint density at radius 1 is 1.00 bits per heavy atom. The van der Waals surface area contributed by atoms with E-state index in [0.717, 1.165) is 34.0 Å². The largest absolute Gasteiger partial charge is 0.418 e. The van der Waals surface area contributed by atoms with Gasteiger partial charge in [0, 0.05) is 21.8 Å². The number of ether oxygens (including phenoxy) is 2. The highest BCUT2D eigenvalue weighted by Gasteiger charge is 2.54. The van der Waals surface area contributed by atoms with Gasteiger partial charge in [0.15, 0.2) is 5.82 Å². The molecule has 2 fully saturated rings. The molecule has 14 heteroatoms. The number of alkyl halides is 3. The van der Waals surface area contributed by atoms with Crippen molar-refractivity contribution in [3.05, 3.63) is 82.1 Å². The maximum Gasteiger partial charge on any atom is 0.418 e. The number of aryl methyl sites for hydroxylation is 1. The number of hydrogen-bond acceptors (Lipinski definition) is 7. The van der Waals surface area contributed by atoms with E-state index >= 15 is 0 Å². The number of aliphatic hydroxyl groups is 2. The van der Waals surface area contributed by atoms with Gasteiger partial charge in [-0.15, -0.1) is 0 Å². The fourth-order valence-electron chi connectivity index (χ4n) is 5.23. The van der Waals surface area contributed by atoms with Gasteiger partial charge in [-0.25, -0.2) is 9.67 Å². The van der Waals surface area contributed by atoms with Gasteiger partial charge in [-0.05, 0) is 42.8 Å². The van der Waals surface area contributed by atoms with E-state index < -0.39 is 48.3 Å². The van der Waals surface area contributed by atoms with E-state index in [9.17, 15) is 23.4 Å². The number of benzene rings is 2. The van der Waals surface area contributed by atoms with Gasteiger partial charge in [0.2, 0.25) is 0 Å². The SMILES string of the molecule is Cc1nc([C@@H]2OC3C(O)CO[C@@H]3C(n3cc(-c4ccc(Cl)cc4)cn3)[C@@H]2O)n(-c2cc(Cl)ccc2C(F)(F)F)n1. The summed E-state index contributed by atoms with van der Waals surface area (Å²) in [6.07, 6.45) is -6.88. The molecule has 2 aliphatic rings. The zero-order valence-corrected chi connectivity index (χ0v) is 22.2. The zero-order valence-electron chi connectivity index (χ0n) is 20.7. The van der Waals surface area contributed by atoms with Crippen molar-refractivity contribution >= 4 is 23.2 Å². The third-order valence-corrected chi connectivity index (χ3v) is 7.52. The second kappa shape index (κ2) is 10.1. The molecule has 0 saturated carbocycles. The minimum absolute atomic E-state index is 0.0519. The minimum atomic E-state index is -4.72. The third-order valence-electron chi connectivity index (χ3n) is 7.03. The molecule has 2 N–H and O–H groups in total. The fraction of sp³-hybridized carbons (Fsp3) is 0.346. The van der Waals surface area contributed by atoms with Gasteiger partial charge >= 0.3 is 6.18 Å². The summed E-state index contributed by atoms with van der Waals surface area (Å²) < 4.78 is 56.2. The molecule has 210 valence electrons. The van der Waals surface area contributed by atoms with Gasteiger partial charge in [0.25, 0.3) is 0 Å². The Kier molecular flexibility index (Phi) is 6.88. The Hall–Kier alpha value is -3.00. The van der Waals surface area contributed by atoms with E-state index in [2.05, 4.69) is 15.2 Å². The third kappa shape index (κ3) is 4.78.